The summed E-state index contributed by atoms with van der Waals surface area (Å²) in [4.78, 5) is 20.1. The van der Waals surface area contributed by atoms with Gasteiger partial charge in [-0.25, -0.2) is 4.98 Å². The fourth-order valence-corrected chi connectivity index (χ4v) is 2.24. The van der Waals surface area contributed by atoms with Crippen LogP contribution in [0.5, 0.6) is 0 Å². The topological polar surface area (TPSA) is 56.7 Å². The summed E-state index contributed by atoms with van der Waals surface area (Å²) in [6.45, 7) is 0.758. The summed E-state index contributed by atoms with van der Waals surface area (Å²) in [5, 5.41) is 9.23. The van der Waals surface area contributed by atoms with Crippen molar-refractivity contribution in [1.82, 2.24) is 9.88 Å². The van der Waals surface area contributed by atoms with Crippen LogP contribution >= 0.6 is 0 Å². The maximum atomic E-state index is 12.3. The Labute approximate surface area is 107 Å². The minimum absolute atomic E-state index is 0.0361. The van der Waals surface area contributed by atoms with Gasteiger partial charge in [-0.3, -0.25) is 4.79 Å². The molecule has 18 heavy (non-hydrogen) atoms. The van der Waals surface area contributed by atoms with E-state index in [1.165, 1.54) is 0 Å². The van der Waals surface area contributed by atoms with Crippen LogP contribution in [-0.2, 0) is 0 Å². The molecule has 1 saturated heterocycles. The lowest BCUT2D eigenvalue weighted by Crippen LogP contribution is -2.37. The van der Waals surface area contributed by atoms with E-state index in [0.29, 0.717) is 5.56 Å². The number of aromatic nitrogens is 1. The molecule has 1 aliphatic heterocycles. The van der Waals surface area contributed by atoms with Gasteiger partial charge in [-0.1, -0.05) is 0 Å². The van der Waals surface area contributed by atoms with Gasteiger partial charge in [0, 0.05) is 26.8 Å². The average molecular weight is 249 g/mol. The summed E-state index contributed by atoms with van der Waals surface area (Å²) in [5.74, 6) is 0.788. The minimum Gasteiger partial charge on any atom is -0.394 e. The lowest BCUT2D eigenvalue weighted by molar-refractivity contribution is 0.0677. The van der Waals surface area contributed by atoms with Gasteiger partial charge in [0.1, 0.15) is 5.82 Å². The number of anilines is 1. The first kappa shape index (κ1) is 12.8. The van der Waals surface area contributed by atoms with Crippen molar-refractivity contribution in [3.63, 3.8) is 0 Å². The van der Waals surface area contributed by atoms with Crippen LogP contribution in [0.1, 0.15) is 23.2 Å². The molecule has 1 fully saturated rings. The van der Waals surface area contributed by atoms with Gasteiger partial charge in [0.2, 0.25) is 0 Å². The molecule has 0 aliphatic carbocycles. The Hall–Kier alpha value is -1.62. The van der Waals surface area contributed by atoms with E-state index in [1.807, 2.05) is 25.1 Å². The van der Waals surface area contributed by atoms with Crippen molar-refractivity contribution < 1.29 is 9.90 Å². The fourth-order valence-electron chi connectivity index (χ4n) is 2.24. The third-order valence-corrected chi connectivity index (χ3v) is 3.30. The summed E-state index contributed by atoms with van der Waals surface area (Å²) in [7, 11) is 3.82. The van der Waals surface area contributed by atoms with Crippen LogP contribution in [0.25, 0.3) is 0 Å². The molecule has 0 spiro atoms. The number of pyridine rings is 1. The molecular weight excluding hydrogens is 230 g/mol. The molecule has 0 bridgehead atoms. The highest BCUT2D eigenvalue weighted by Gasteiger charge is 2.28. The Balaban J connectivity index is 2.13. The lowest BCUT2D eigenvalue weighted by Gasteiger charge is -2.23. The van der Waals surface area contributed by atoms with Crippen molar-refractivity contribution in [2.45, 2.75) is 18.9 Å². The first-order chi connectivity index (χ1) is 8.63. The lowest BCUT2D eigenvalue weighted by atomic mass is 10.2. The molecule has 98 valence electrons. The third-order valence-electron chi connectivity index (χ3n) is 3.30. The van der Waals surface area contributed by atoms with E-state index in [-0.39, 0.29) is 18.6 Å². The molecular formula is C13H19N3O2. The molecule has 2 heterocycles. The van der Waals surface area contributed by atoms with E-state index in [4.69, 9.17) is 0 Å². The summed E-state index contributed by atoms with van der Waals surface area (Å²) in [6, 6.07) is 3.58. The maximum Gasteiger partial charge on any atom is 0.255 e. The average Bonchev–Trinajstić information content (AvgIpc) is 2.86. The normalized spacial score (nSPS) is 19.1. The number of rotatable bonds is 3. The SMILES string of the molecule is CN(C)c1ccc(C(=O)N2CCC[C@H]2CO)cn1. The quantitative estimate of drug-likeness (QED) is 0.858. The van der Waals surface area contributed by atoms with E-state index >= 15 is 0 Å². The van der Waals surface area contributed by atoms with E-state index < -0.39 is 0 Å². The van der Waals surface area contributed by atoms with Crippen LogP contribution in [0.2, 0.25) is 0 Å². The minimum atomic E-state index is -0.0376. The van der Waals surface area contributed by atoms with Gasteiger partial charge in [-0.2, -0.15) is 0 Å². The molecule has 5 nitrogen and oxygen atoms in total. The van der Waals surface area contributed by atoms with Crippen LogP contribution in [-0.4, -0.2) is 54.2 Å². The van der Waals surface area contributed by atoms with Gasteiger partial charge in [-0.15, -0.1) is 0 Å². The number of carbonyl (C=O) groups excluding carboxylic acids is 1. The Kier molecular flexibility index (Phi) is 3.81. The van der Waals surface area contributed by atoms with Crippen LogP contribution in [0.4, 0.5) is 5.82 Å². The van der Waals surface area contributed by atoms with Gasteiger partial charge in [-0.05, 0) is 25.0 Å². The van der Waals surface area contributed by atoms with Gasteiger partial charge in [0.05, 0.1) is 18.2 Å². The summed E-state index contributed by atoms with van der Waals surface area (Å²) in [6.07, 6.45) is 3.44. The largest absolute Gasteiger partial charge is 0.394 e. The number of aliphatic hydroxyl groups excluding tert-OH is 1. The zero-order valence-corrected chi connectivity index (χ0v) is 10.8. The molecule has 1 atom stereocenters. The highest BCUT2D eigenvalue weighted by atomic mass is 16.3. The van der Waals surface area contributed by atoms with Gasteiger partial charge < -0.3 is 14.9 Å². The number of likely N-dealkylation sites (tertiary alicyclic amines) is 1. The molecule has 2 rings (SSSR count). The molecule has 5 heteroatoms. The van der Waals surface area contributed by atoms with Crippen LogP contribution < -0.4 is 4.90 Å². The number of nitrogens with zero attached hydrogens (tertiary/aromatic N) is 3. The van der Waals surface area contributed by atoms with Gasteiger partial charge >= 0.3 is 0 Å². The molecule has 1 aromatic heterocycles. The van der Waals surface area contributed by atoms with Crippen molar-refractivity contribution in [1.29, 1.82) is 0 Å². The summed E-state index contributed by atoms with van der Waals surface area (Å²) in [5.41, 5.74) is 0.584. The smallest absolute Gasteiger partial charge is 0.255 e. The zero-order chi connectivity index (χ0) is 13.1. The molecule has 1 N–H and O–H groups in total. The Bertz CT molecular complexity index is 417. The van der Waals surface area contributed by atoms with Crippen molar-refractivity contribution >= 4 is 11.7 Å². The number of amides is 1. The first-order valence-electron chi connectivity index (χ1n) is 6.18. The second-order valence-corrected chi connectivity index (χ2v) is 4.78. The summed E-state index contributed by atoms with van der Waals surface area (Å²) < 4.78 is 0. The Morgan fingerprint density at radius 3 is 2.89 bits per heavy atom. The predicted octanol–water partition coefficient (Wildman–Crippen LogP) is 0.744. The molecule has 1 aliphatic rings. The van der Waals surface area contributed by atoms with E-state index in [0.717, 1.165) is 25.2 Å². The number of carbonyl (C=O) groups is 1. The van der Waals surface area contributed by atoms with Crippen LogP contribution in [0.15, 0.2) is 18.3 Å². The third kappa shape index (κ3) is 2.46. The first-order valence-corrected chi connectivity index (χ1v) is 6.18. The maximum absolute atomic E-state index is 12.3. The van der Waals surface area contributed by atoms with Gasteiger partial charge in [0.15, 0.2) is 0 Å². The fraction of sp³-hybridized carbons (Fsp3) is 0.538. The number of hydrogen-bond acceptors (Lipinski definition) is 4. The van der Waals surface area contributed by atoms with Crippen LogP contribution in [0, 0.1) is 0 Å². The highest BCUT2D eigenvalue weighted by molar-refractivity contribution is 5.94. The van der Waals surface area contributed by atoms with E-state index in [9.17, 15) is 9.90 Å². The van der Waals surface area contributed by atoms with Crippen molar-refractivity contribution in [3.05, 3.63) is 23.9 Å². The molecule has 0 aromatic carbocycles. The predicted molar refractivity (Wildman–Crippen MR) is 69.7 cm³/mol. The molecule has 1 aromatic rings. The van der Waals surface area contributed by atoms with Crippen molar-refractivity contribution in [3.8, 4) is 0 Å². The number of aliphatic hydroxyl groups is 1. The standard InChI is InChI=1S/C13H19N3O2/c1-15(2)12-6-5-10(8-14-12)13(18)16-7-3-4-11(16)9-17/h5-6,8,11,17H,3-4,7,9H2,1-2H3/t11-/m0/s1. The second kappa shape index (κ2) is 5.35. The highest BCUT2D eigenvalue weighted by Crippen LogP contribution is 2.20. The van der Waals surface area contributed by atoms with E-state index in [2.05, 4.69) is 4.98 Å². The van der Waals surface area contributed by atoms with Gasteiger partial charge in [0.25, 0.3) is 5.91 Å². The molecule has 0 saturated carbocycles. The number of hydrogen-bond donors (Lipinski definition) is 1. The molecule has 0 radical (unpaired) electrons. The summed E-state index contributed by atoms with van der Waals surface area (Å²) >= 11 is 0. The Morgan fingerprint density at radius 1 is 1.56 bits per heavy atom. The second-order valence-electron chi connectivity index (χ2n) is 4.78. The Morgan fingerprint density at radius 2 is 2.33 bits per heavy atom. The zero-order valence-electron chi connectivity index (χ0n) is 10.8. The van der Waals surface area contributed by atoms with Crippen molar-refractivity contribution in [2.24, 2.45) is 0 Å². The van der Waals surface area contributed by atoms with E-state index in [1.54, 1.807) is 17.2 Å². The van der Waals surface area contributed by atoms with Crippen molar-refractivity contribution in [2.75, 3.05) is 32.1 Å². The monoisotopic (exact) mass is 249 g/mol. The molecule has 1 amide bonds. The van der Waals surface area contributed by atoms with Crippen LogP contribution in [0.3, 0.4) is 0 Å². The molecule has 0 unspecified atom stereocenters.